The number of nitrogens with one attached hydrogen (secondary N) is 3. The number of anilines is 4. The molecule has 3 N–H and O–H groups in total. The largest absolute Gasteiger partial charge is 0.355 e. The van der Waals surface area contributed by atoms with Crippen LogP contribution in [0.1, 0.15) is 11.1 Å². The topological polar surface area (TPSA) is 117 Å². The lowest BCUT2D eigenvalue weighted by molar-refractivity contribution is 0.628. The molecule has 0 amide bonds. The van der Waals surface area contributed by atoms with Crippen LogP contribution in [0.5, 0.6) is 0 Å². The average molecular weight is 500 g/mol. The number of benzene rings is 3. The second-order valence-corrected chi connectivity index (χ2v) is 7.80. The maximum absolute atomic E-state index is 13.2. The highest BCUT2D eigenvalue weighted by Gasteiger charge is 2.22. The van der Waals surface area contributed by atoms with Crippen LogP contribution < -0.4 is 16.2 Å². The van der Waals surface area contributed by atoms with E-state index in [4.69, 9.17) is 34.8 Å². The second-order valence-electron chi connectivity index (χ2n) is 6.66. The van der Waals surface area contributed by atoms with Crippen molar-refractivity contribution in [2.24, 2.45) is 0 Å². The predicted octanol–water partition coefficient (Wildman–Crippen LogP) is 6.25. The summed E-state index contributed by atoms with van der Waals surface area (Å²) in [5.41, 5.74) is 0.976. The molecule has 0 saturated heterocycles. The zero-order chi connectivity index (χ0) is 23.7. The van der Waals surface area contributed by atoms with Gasteiger partial charge >= 0.3 is 0 Å². The minimum absolute atomic E-state index is 0.0655. The van der Waals surface area contributed by atoms with Crippen molar-refractivity contribution >= 4 is 68.5 Å². The third-order valence-corrected chi connectivity index (χ3v) is 5.95. The van der Waals surface area contributed by atoms with E-state index in [1.54, 1.807) is 12.1 Å². The fourth-order valence-corrected chi connectivity index (χ4v) is 3.98. The van der Waals surface area contributed by atoms with Crippen LogP contribution in [0.4, 0.5) is 27.1 Å². The molecule has 0 atom stereocenters. The van der Waals surface area contributed by atoms with Gasteiger partial charge in [-0.2, -0.15) is 10.5 Å². The van der Waals surface area contributed by atoms with E-state index in [9.17, 15) is 19.7 Å². The van der Waals surface area contributed by atoms with E-state index in [0.717, 1.165) is 0 Å². The number of rotatable bonds is 4. The lowest BCUT2D eigenvalue weighted by Gasteiger charge is -2.16. The van der Waals surface area contributed by atoms with Crippen molar-refractivity contribution in [3.63, 3.8) is 0 Å². The average Bonchev–Trinajstić information content (AvgIpc) is 2.81. The zero-order valence-electron chi connectivity index (χ0n) is 16.3. The summed E-state index contributed by atoms with van der Waals surface area (Å²) in [4.78, 5) is 19.4. The van der Waals surface area contributed by atoms with Crippen LogP contribution in [0.2, 0.25) is 15.1 Å². The standard InChI is InChI=1S/C22H10Cl3FN6O/c23-17-12(7-27)18(24)19(25)20(13(17)8-28)32-15-6-5-14(16-21(15)29-9-30-22(16)33)31-11-3-1-10(26)2-4-11/h1-6,9,31-32H,(H,29,30,33). The molecule has 11 heteroatoms. The minimum atomic E-state index is -0.434. The van der Waals surface area contributed by atoms with Gasteiger partial charge in [-0.15, -0.1) is 0 Å². The summed E-state index contributed by atoms with van der Waals surface area (Å²) in [6, 6.07) is 12.6. The molecule has 7 nitrogen and oxygen atoms in total. The summed E-state index contributed by atoms with van der Waals surface area (Å²) < 4.78 is 13.2. The smallest absolute Gasteiger partial charge is 0.260 e. The van der Waals surface area contributed by atoms with Crippen molar-refractivity contribution in [1.82, 2.24) is 9.97 Å². The van der Waals surface area contributed by atoms with Crippen LogP contribution in [0.25, 0.3) is 10.9 Å². The van der Waals surface area contributed by atoms with Crippen molar-refractivity contribution < 1.29 is 4.39 Å². The molecule has 0 unspecified atom stereocenters. The lowest BCUT2D eigenvalue weighted by atomic mass is 10.1. The Kier molecular flexibility index (Phi) is 6.08. The summed E-state index contributed by atoms with van der Waals surface area (Å²) >= 11 is 18.7. The van der Waals surface area contributed by atoms with Gasteiger partial charge in [0.1, 0.15) is 23.5 Å². The van der Waals surface area contributed by atoms with Gasteiger partial charge in [-0.3, -0.25) is 4.79 Å². The number of nitrogens with zero attached hydrogens (tertiary/aromatic N) is 3. The van der Waals surface area contributed by atoms with Crippen LogP contribution in [0.15, 0.2) is 47.5 Å². The van der Waals surface area contributed by atoms with Crippen molar-refractivity contribution in [3.8, 4) is 12.1 Å². The Bertz CT molecular complexity index is 1550. The van der Waals surface area contributed by atoms with Crippen molar-refractivity contribution in [2.45, 2.75) is 0 Å². The predicted molar refractivity (Wildman–Crippen MR) is 126 cm³/mol. The van der Waals surface area contributed by atoms with Crippen LogP contribution in [-0.4, -0.2) is 9.97 Å². The molecule has 0 aliphatic heterocycles. The van der Waals surface area contributed by atoms with Crippen LogP contribution >= 0.6 is 34.8 Å². The zero-order valence-corrected chi connectivity index (χ0v) is 18.6. The number of aromatic nitrogens is 2. The molecule has 0 aliphatic rings. The molecule has 0 fully saturated rings. The van der Waals surface area contributed by atoms with Crippen molar-refractivity contribution in [3.05, 3.63) is 85.1 Å². The first kappa shape index (κ1) is 22.4. The molecule has 1 aromatic heterocycles. The SMILES string of the molecule is N#Cc1c(Cl)c(Cl)c(Nc2ccc(Nc3ccc(F)cc3)c3c(=O)[nH]cnc23)c(C#N)c1Cl. The Hall–Kier alpha value is -3.82. The van der Waals surface area contributed by atoms with Crippen molar-refractivity contribution in [2.75, 3.05) is 10.6 Å². The maximum Gasteiger partial charge on any atom is 0.260 e. The Morgan fingerprint density at radius 2 is 1.55 bits per heavy atom. The number of fused-ring (bicyclic) bond motifs is 1. The van der Waals surface area contributed by atoms with Gasteiger partial charge in [-0.25, -0.2) is 9.37 Å². The van der Waals surface area contributed by atoms with Crippen LogP contribution in [-0.2, 0) is 0 Å². The van der Waals surface area contributed by atoms with E-state index in [0.29, 0.717) is 17.1 Å². The maximum atomic E-state index is 13.2. The fraction of sp³-hybridized carbons (Fsp3) is 0. The number of halogens is 4. The van der Waals surface area contributed by atoms with Gasteiger partial charge in [0.15, 0.2) is 0 Å². The monoisotopic (exact) mass is 498 g/mol. The Morgan fingerprint density at radius 3 is 2.21 bits per heavy atom. The van der Waals surface area contributed by atoms with Gasteiger partial charge in [-0.05, 0) is 36.4 Å². The van der Waals surface area contributed by atoms with E-state index in [-0.39, 0.29) is 42.8 Å². The van der Waals surface area contributed by atoms with E-state index in [2.05, 4.69) is 20.6 Å². The third kappa shape index (κ3) is 4.04. The first-order valence-electron chi connectivity index (χ1n) is 9.16. The number of H-pyrrole nitrogens is 1. The third-order valence-electron chi connectivity index (χ3n) is 4.72. The lowest BCUT2D eigenvalue weighted by Crippen LogP contribution is -2.10. The van der Waals surface area contributed by atoms with Crippen molar-refractivity contribution in [1.29, 1.82) is 10.5 Å². The summed E-state index contributed by atoms with van der Waals surface area (Å²) in [6.45, 7) is 0. The molecular weight excluding hydrogens is 490 g/mol. The second kappa shape index (κ2) is 8.97. The molecule has 0 saturated carbocycles. The Morgan fingerprint density at radius 1 is 0.879 bits per heavy atom. The van der Waals surface area contributed by atoms with E-state index in [1.807, 2.05) is 12.1 Å². The molecule has 0 radical (unpaired) electrons. The highest BCUT2D eigenvalue weighted by molar-refractivity contribution is 6.46. The summed E-state index contributed by atoms with van der Waals surface area (Å²) in [6.07, 6.45) is 1.23. The first-order chi connectivity index (χ1) is 15.8. The molecular formula is C22H10Cl3FN6O. The van der Waals surface area contributed by atoms with Crippen LogP contribution in [0, 0.1) is 28.5 Å². The van der Waals surface area contributed by atoms with Gasteiger partial charge < -0.3 is 15.6 Å². The van der Waals surface area contributed by atoms with Gasteiger partial charge in [-0.1, -0.05) is 34.8 Å². The molecule has 4 rings (SSSR count). The fourth-order valence-electron chi connectivity index (χ4n) is 3.19. The van der Waals surface area contributed by atoms with E-state index < -0.39 is 11.4 Å². The molecule has 0 bridgehead atoms. The first-order valence-corrected chi connectivity index (χ1v) is 10.3. The number of aromatic amines is 1. The van der Waals surface area contributed by atoms with Gasteiger partial charge in [0.2, 0.25) is 0 Å². The molecule has 0 spiro atoms. The number of hydrogen-bond donors (Lipinski definition) is 3. The molecule has 4 aromatic rings. The van der Waals surface area contributed by atoms with E-state index >= 15 is 0 Å². The summed E-state index contributed by atoms with van der Waals surface area (Å²) in [5.74, 6) is -0.394. The Labute approximate surface area is 201 Å². The molecule has 162 valence electrons. The highest BCUT2D eigenvalue weighted by Crippen LogP contribution is 2.43. The minimum Gasteiger partial charge on any atom is -0.355 e. The molecule has 0 aliphatic carbocycles. The highest BCUT2D eigenvalue weighted by atomic mass is 35.5. The molecule has 33 heavy (non-hydrogen) atoms. The van der Waals surface area contributed by atoms with Crippen LogP contribution in [0.3, 0.4) is 0 Å². The van der Waals surface area contributed by atoms with E-state index in [1.165, 1.54) is 30.6 Å². The number of hydrogen-bond acceptors (Lipinski definition) is 6. The van der Waals surface area contributed by atoms with Gasteiger partial charge in [0.05, 0.1) is 55.0 Å². The van der Waals surface area contributed by atoms with Gasteiger partial charge in [0, 0.05) is 5.69 Å². The Balaban J connectivity index is 1.87. The molecule has 1 heterocycles. The molecule has 3 aromatic carbocycles. The quantitative estimate of drug-likeness (QED) is 0.286. The summed E-state index contributed by atoms with van der Waals surface area (Å²) in [5, 5.41) is 24.8. The van der Waals surface area contributed by atoms with Gasteiger partial charge in [0.25, 0.3) is 5.56 Å². The normalized spacial score (nSPS) is 10.5. The number of nitriles is 2. The summed E-state index contributed by atoms with van der Waals surface area (Å²) in [7, 11) is 0.